The molecule has 4 nitrogen and oxygen atoms in total. The van der Waals surface area contributed by atoms with Crippen LogP contribution in [0.4, 0.5) is 0 Å². The molecule has 1 amide bonds. The van der Waals surface area contributed by atoms with Gasteiger partial charge in [0.15, 0.2) is 5.79 Å². The van der Waals surface area contributed by atoms with Gasteiger partial charge >= 0.3 is 0 Å². The van der Waals surface area contributed by atoms with Gasteiger partial charge in [-0.15, -0.1) is 6.58 Å². The number of hydrogen-bond acceptors (Lipinski definition) is 3. The predicted molar refractivity (Wildman–Crippen MR) is 73.6 cm³/mol. The van der Waals surface area contributed by atoms with Crippen molar-refractivity contribution in [2.24, 2.45) is 5.92 Å². The third-order valence-corrected chi connectivity index (χ3v) is 4.05. The lowest BCUT2D eigenvalue weighted by Gasteiger charge is -2.34. The Kier molecular flexibility index (Phi) is 4.99. The minimum atomic E-state index is -0.358. The van der Waals surface area contributed by atoms with Gasteiger partial charge in [0.2, 0.25) is 5.91 Å². The maximum absolute atomic E-state index is 11.5. The smallest absolute Gasteiger partial charge is 0.220 e. The quantitative estimate of drug-likeness (QED) is 0.778. The maximum Gasteiger partial charge on any atom is 0.220 e. The van der Waals surface area contributed by atoms with E-state index in [9.17, 15) is 4.79 Å². The first kappa shape index (κ1) is 14.5. The van der Waals surface area contributed by atoms with Gasteiger partial charge in [0, 0.05) is 25.8 Å². The molecule has 0 radical (unpaired) electrons. The van der Waals surface area contributed by atoms with E-state index in [4.69, 9.17) is 9.47 Å². The molecule has 0 unspecified atom stereocenters. The summed E-state index contributed by atoms with van der Waals surface area (Å²) in [5.74, 6) is 0.473. The fraction of sp³-hybridized carbons (Fsp3) is 0.800. The number of ether oxygens (including phenoxy) is 2. The normalized spacial score (nSPS) is 34.4. The average molecular weight is 267 g/mol. The lowest BCUT2D eigenvalue weighted by Crippen LogP contribution is -2.38. The van der Waals surface area contributed by atoms with Crippen molar-refractivity contribution in [1.82, 2.24) is 5.32 Å². The molecular weight excluding hydrogens is 242 g/mol. The number of amides is 1. The monoisotopic (exact) mass is 267 g/mol. The minimum Gasteiger partial charge on any atom is -0.353 e. The van der Waals surface area contributed by atoms with Gasteiger partial charge in [0.05, 0.1) is 6.61 Å². The van der Waals surface area contributed by atoms with Gasteiger partial charge < -0.3 is 14.8 Å². The number of nitrogens with one attached hydrogen (secondary N) is 1. The predicted octanol–water partition coefficient (Wildman–Crippen LogP) is 2.39. The van der Waals surface area contributed by atoms with E-state index in [1.54, 1.807) is 6.08 Å². The lowest BCUT2D eigenvalue weighted by atomic mass is 9.86. The van der Waals surface area contributed by atoms with E-state index < -0.39 is 0 Å². The molecular formula is C15H25NO3. The van der Waals surface area contributed by atoms with Crippen LogP contribution in [0, 0.1) is 5.92 Å². The van der Waals surface area contributed by atoms with Crippen LogP contribution in [0.3, 0.4) is 0 Å². The van der Waals surface area contributed by atoms with Crippen molar-refractivity contribution in [1.29, 1.82) is 0 Å². The Morgan fingerprint density at radius 3 is 2.89 bits per heavy atom. The van der Waals surface area contributed by atoms with Crippen LogP contribution in [0.5, 0.6) is 0 Å². The Hall–Kier alpha value is -0.870. The van der Waals surface area contributed by atoms with E-state index in [2.05, 4.69) is 18.8 Å². The number of rotatable bonds is 5. The first-order valence-corrected chi connectivity index (χ1v) is 7.33. The molecule has 1 spiro atoms. The Morgan fingerprint density at radius 1 is 1.47 bits per heavy atom. The molecule has 1 aliphatic heterocycles. The van der Waals surface area contributed by atoms with Gasteiger partial charge in [-0.25, -0.2) is 0 Å². The van der Waals surface area contributed by atoms with Crippen molar-refractivity contribution < 1.29 is 14.3 Å². The number of carbonyl (C=O) groups excluding carboxylic acids is 1. The van der Waals surface area contributed by atoms with E-state index in [0.29, 0.717) is 19.6 Å². The van der Waals surface area contributed by atoms with Crippen LogP contribution in [0.25, 0.3) is 0 Å². The molecule has 0 aromatic heterocycles. The summed E-state index contributed by atoms with van der Waals surface area (Å²) in [6, 6.07) is 0. The first-order chi connectivity index (χ1) is 9.13. The van der Waals surface area contributed by atoms with Gasteiger partial charge in [0.25, 0.3) is 0 Å². The summed E-state index contributed by atoms with van der Waals surface area (Å²) in [4.78, 5) is 11.5. The second-order valence-corrected chi connectivity index (χ2v) is 5.78. The van der Waals surface area contributed by atoms with Crippen LogP contribution in [0.15, 0.2) is 12.7 Å². The molecule has 1 heterocycles. The van der Waals surface area contributed by atoms with Crippen LogP contribution in [0.1, 0.15) is 45.4 Å². The molecule has 2 rings (SSSR count). The SMILES string of the molecule is C=CCCC(=O)NC[C@H]1COC2(CCC(C)CC2)O1. The van der Waals surface area contributed by atoms with Gasteiger partial charge in [-0.1, -0.05) is 13.0 Å². The van der Waals surface area contributed by atoms with Crippen LogP contribution < -0.4 is 5.32 Å². The zero-order valence-corrected chi connectivity index (χ0v) is 11.8. The fourth-order valence-corrected chi connectivity index (χ4v) is 2.73. The van der Waals surface area contributed by atoms with E-state index in [1.807, 2.05) is 0 Å². The molecule has 1 saturated carbocycles. The molecule has 1 aliphatic carbocycles. The van der Waals surface area contributed by atoms with Crippen molar-refractivity contribution in [3.05, 3.63) is 12.7 Å². The van der Waals surface area contributed by atoms with Gasteiger partial charge in [-0.3, -0.25) is 4.79 Å². The summed E-state index contributed by atoms with van der Waals surface area (Å²) in [7, 11) is 0. The highest BCUT2D eigenvalue weighted by Gasteiger charge is 2.43. The largest absolute Gasteiger partial charge is 0.353 e. The summed E-state index contributed by atoms with van der Waals surface area (Å²) in [5, 5.41) is 2.90. The molecule has 1 N–H and O–H groups in total. The molecule has 2 fully saturated rings. The number of carbonyl (C=O) groups is 1. The molecule has 0 aromatic rings. The molecule has 1 saturated heterocycles. The highest BCUT2D eigenvalue weighted by molar-refractivity contribution is 5.75. The van der Waals surface area contributed by atoms with E-state index in [-0.39, 0.29) is 17.8 Å². The zero-order valence-electron chi connectivity index (χ0n) is 11.8. The summed E-state index contributed by atoms with van der Waals surface area (Å²) in [6.07, 6.45) is 7.27. The number of allylic oxidation sites excluding steroid dienone is 1. The topological polar surface area (TPSA) is 47.6 Å². The molecule has 19 heavy (non-hydrogen) atoms. The van der Waals surface area contributed by atoms with Crippen LogP contribution >= 0.6 is 0 Å². The molecule has 0 bridgehead atoms. The van der Waals surface area contributed by atoms with E-state index in [0.717, 1.165) is 25.2 Å². The fourth-order valence-electron chi connectivity index (χ4n) is 2.73. The highest BCUT2D eigenvalue weighted by atomic mass is 16.7. The second-order valence-electron chi connectivity index (χ2n) is 5.78. The van der Waals surface area contributed by atoms with Crippen LogP contribution in [-0.2, 0) is 14.3 Å². The Bertz CT molecular complexity index is 321. The van der Waals surface area contributed by atoms with Crippen molar-refractivity contribution >= 4 is 5.91 Å². The van der Waals surface area contributed by atoms with Crippen molar-refractivity contribution in [2.45, 2.75) is 57.3 Å². The molecule has 2 aliphatic rings. The first-order valence-electron chi connectivity index (χ1n) is 7.33. The van der Waals surface area contributed by atoms with Crippen LogP contribution in [-0.4, -0.2) is 30.9 Å². The summed E-state index contributed by atoms with van der Waals surface area (Å²) >= 11 is 0. The zero-order chi connectivity index (χ0) is 13.7. The summed E-state index contributed by atoms with van der Waals surface area (Å²) in [6.45, 7) is 7.03. The van der Waals surface area contributed by atoms with Gasteiger partial charge in [-0.05, 0) is 25.2 Å². The summed E-state index contributed by atoms with van der Waals surface area (Å²) in [5.41, 5.74) is 0. The van der Waals surface area contributed by atoms with Crippen molar-refractivity contribution in [2.75, 3.05) is 13.2 Å². The third-order valence-electron chi connectivity index (χ3n) is 4.05. The van der Waals surface area contributed by atoms with Crippen molar-refractivity contribution in [3.8, 4) is 0 Å². The molecule has 4 heteroatoms. The number of hydrogen-bond donors (Lipinski definition) is 1. The Balaban J connectivity index is 1.70. The second kappa shape index (κ2) is 6.53. The molecule has 0 aromatic carbocycles. The lowest BCUT2D eigenvalue weighted by molar-refractivity contribution is -0.191. The molecule has 108 valence electrons. The maximum atomic E-state index is 11.5. The highest BCUT2D eigenvalue weighted by Crippen LogP contribution is 2.39. The standard InChI is InChI=1S/C15H25NO3/c1-3-4-5-14(17)16-10-13-11-18-15(19-13)8-6-12(2)7-9-15/h3,12-13H,1,4-11H2,2H3,(H,16,17)/t12?,13-,15?/m0/s1. The Morgan fingerprint density at radius 2 is 2.21 bits per heavy atom. The summed E-state index contributed by atoms with van der Waals surface area (Å²) < 4.78 is 11.9. The van der Waals surface area contributed by atoms with E-state index in [1.165, 1.54) is 12.8 Å². The van der Waals surface area contributed by atoms with Gasteiger partial charge in [0.1, 0.15) is 6.10 Å². The minimum absolute atomic E-state index is 0.00101. The average Bonchev–Trinajstić information content (AvgIpc) is 2.81. The van der Waals surface area contributed by atoms with E-state index >= 15 is 0 Å². The third kappa shape index (κ3) is 4.05. The Labute approximate surface area is 115 Å². The van der Waals surface area contributed by atoms with Gasteiger partial charge in [-0.2, -0.15) is 0 Å². The molecule has 1 atom stereocenters. The van der Waals surface area contributed by atoms with Crippen LogP contribution in [0.2, 0.25) is 0 Å². The van der Waals surface area contributed by atoms with Crippen molar-refractivity contribution in [3.63, 3.8) is 0 Å².